The summed E-state index contributed by atoms with van der Waals surface area (Å²) in [7, 11) is 5.40. The lowest BCUT2D eigenvalue weighted by atomic mass is 10.8. The molecule has 0 aliphatic carbocycles. The molecule has 0 aliphatic rings. The highest BCUT2D eigenvalue weighted by Crippen LogP contribution is 2.04. The Hall–Kier alpha value is -0.830. The van der Waals surface area contributed by atoms with Crippen LogP contribution in [0.1, 0.15) is 0 Å². The van der Waals surface area contributed by atoms with Crippen molar-refractivity contribution in [2.24, 2.45) is 0 Å². The number of ether oxygens (including phenoxy) is 1. The molecule has 1 unspecified atom stereocenters. The van der Waals surface area contributed by atoms with E-state index in [0.29, 0.717) is 11.3 Å². The lowest BCUT2D eigenvalue weighted by Gasteiger charge is -2.00. The van der Waals surface area contributed by atoms with Gasteiger partial charge < -0.3 is 9.57 Å². The molecule has 10 heavy (non-hydrogen) atoms. The maximum Gasteiger partial charge on any atom is 0.278 e. The topological polar surface area (TPSA) is 49.2 Å². The minimum atomic E-state index is 0.493. The second-order valence-electron chi connectivity index (χ2n) is 1.54. The summed E-state index contributed by atoms with van der Waals surface area (Å²) in [6, 6.07) is 0. The van der Waals surface area contributed by atoms with Crippen molar-refractivity contribution in [2.45, 2.75) is 0 Å². The molecular formula is C4H8N3O2P. The largest absolute Gasteiger partial charge is 0.477 e. The van der Waals surface area contributed by atoms with Gasteiger partial charge in [-0.25, -0.2) is 0 Å². The van der Waals surface area contributed by atoms with E-state index in [9.17, 15) is 0 Å². The molecule has 0 amide bonds. The summed E-state index contributed by atoms with van der Waals surface area (Å²) in [6.07, 6.45) is 0. The molecule has 0 aliphatic heterocycles. The molecule has 0 aromatic carbocycles. The predicted octanol–water partition coefficient (Wildman–Crippen LogP) is -1.15. The van der Waals surface area contributed by atoms with Crippen LogP contribution in [0.25, 0.3) is 0 Å². The lowest BCUT2D eigenvalue weighted by Crippen LogP contribution is -2.10. The molecule has 6 heteroatoms. The normalized spacial score (nSPS) is 9.50. The maximum atomic E-state index is 4.90. The average Bonchev–Trinajstić information content (AvgIpc) is 2.30. The van der Waals surface area contributed by atoms with Crippen LogP contribution in [0.4, 0.5) is 0 Å². The minimum absolute atomic E-state index is 0.493. The number of methoxy groups -OCH3 is 1. The van der Waals surface area contributed by atoms with Gasteiger partial charge in [0.05, 0.1) is 7.11 Å². The smallest absolute Gasteiger partial charge is 0.278 e. The third-order valence-corrected chi connectivity index (χ3v) is 1.36. The lowest BCUT2D eigenvalue weighted by molar-refractivity contribution is 0.105. The Labute approximate surface area is 60.5 Å². The van der Waals surface area contributed by atoms with E-state index in [4.69, 9.17) is 9.57 Å². The van der Waals surface area contributed by atoms with E-state index < -0.39 is 0 Å². The Bertz CT molecular complexity index is 224. The van der Waals surface area contributed by atoms with Crippen molar-refractivity contribution in [2.75, 3.05) is 14.2 Å². The van der Waals surface area contributed by atoms with E-state index in [-0.39, 0.29) is 0 Å². The number of nitrogens with zero attached hydrogens (tertiary/aromatic N) is 3. The summed E-state index contributed by atoms with van der Waals surface area (Å²) in [5.74, 6) is 0.493. The molecule has 0 spiro atoms. The molecule has 1 atom stereocenters. The number of rotatable bonds is 2. The number of aromatic nitrogens is 3. The van der Waals surface area contributed by atoms with Gasteiger partial charge in [0.2, 0.25) is 0 Å². The van der Waals surface area contributed by atoms with E-state index in [1.807, 2.05) is 0 Å². The standard InChI is InChI=1S/C4H8N3O2P/c1-8-4-3(10)5-6-7(4)9-2/h10H2,1-2H3. The zero-order valence-electron chi connectivity index (χ0n) is 5.74. The van der Waals surface area contributed by atoms with Crippen LogP contribution < -0.4 is 15.0 Å². The SMILES string of the molecule is COc1c(P)nnn1OC. The molecule has 0 saturated heterocycles. The zero-order chi connectivity index (χ0) is 7.56. The fourth-order valence-electron chi connectivity index (χ4n) is 0.572. The Balaban J connectivity index is 3.01. The molecule has 5 nitrogen and oxygen atoms in total. The zero-order valence-corrected chi connectivity index (χ0v) is 6.89. The Morgan fingerprint density at radius 1 is 1.50 bits per heavy atom. The van der Waals surface area contributed by atoms with E-state index in [2.05, 4.69) is 19.6 Å². The Morgan fingerprint density at radius 3 is 2.60 bits per heavy atom. The van der Waals surface area contributed by atoms with Gasteiger partial charge in [0.1, 0.15) is 12.5 Å². The fraction of sp³-hybridized carbons (Fsp3) is 0.500. The van der Waals surface area contributed by atoms with Crippen LogP contribution in [-0.2, 0) is 0 Å². The molecule has 1 aromatic heterocycles. The molecule has 0 fully saturated rings. The number of hydrogen-bond acceptors (Lipinski definition) is 4. The molecule has 0 N–H and O–H groups in total. The summed E-state index contributed by atoms with van der Waals surface area (Å²) in [6.45, 7) is 0. The van der Waals surface area contributed by atoms with Crippen LogP contribution in [0.2, 0.25) is 0 Å². The average molecular weight is 161 g/mol. The van der Waals surface area contributed by atoms with Gasteiger partial charge in [-0.15, -0.1) is 5.10 Å². The van der Waals surface area contributed by atoms with Crippen molar-refractivity contribution in [1.82, 2.24) is 15.2 Å². The molecule has 56 valence electrons. The van der Waals surface area contributed by atoms with E-state index in [1.165, 1.54) is 19.1 Å². The second kappa shape index (κ2) is 2.84. The van der Waals surface area contributed by atoms with Gasteiger partial charge in [-0.3, -0.25) is 0 Å². The van der Waals surface area contributed by atoms with E-state index in [1.54, 1.807) is 0 Å². The minimum Gasteiger partial charge on any atom is -0.477 e. The van der Waals surface area contributed by atoms with Crippen molar-refractivity contribution < 1.29 is 9.57 Å². The molecule has 1 aromatic rings. The summed E-state index contributed by atoms with van der Waals surface area (Å²) in [5, 5.41) is 7.29. The van der Waals surface area contributed by atoms with Gasteiger partial charge >= 0.3 is 0 Å². The van der Waals surface area contributed by atoms with Crippen LogP contribution in [0.3, 0.4) is 0 Å². The van der Waals surface area contributed by atoms with Gasteiger partial charge in [0.15, 0.2) is 0 Å². The van der Waals surface area contributed by atoms with Crippen LogP contribution in [0.15, 0.2) is 0 Å². The quantitative estimate of drug-likeness (QED) is 0.513. The molecular weight excluding hydrogens is 153 g/mol. The summed E-state index contributed by atoms with van der Waals surface area (Å²) in [5.41, 5.74) is 0.629. The second-order valence-corrected chi connectivity index (χ2v) is 2.09. The predicted molar refractivity (Wildman–Crippen MR) is 38.4 cm³/mol. The van der Waals surface area contributed by atoms with Gasteiger partial charge in [-0.05, 0) is 10.1 Å². The van der Waals surface area contributed by atoms with Gasteiger partial charge in [0, 0.05) is 0 Å². The highest BCUT2D eigenvalue weighted by molar-refractivity contribution is 7.27. The van der Waals surface area contributed by atoms with Crippen LogP contribution >= 0.6 is 9.24 Å². The van der Waals surface area contributed by atoms with Gasteiger partial charge in [0.25, 0.3) is 5.88 Å². The Morgan fingerprint density at radius 2 is 2.20 bits per heavy atom. The van der Waals surface area contributed by atoms with E-state index in [0.717, 1.165) is 0 Å². The number of hydrogen-bond donors (Lipinski definition) is 0. The molecule has 1 heterocycles. The third-order valence-electron chi connectivity index (χ3n) is 0.993. The van der Waals surface area contributed by atoms with Crippen LogP contribution in [0.5, 0.6) is 5.88 Å². The fourth-order valence-corrected chi connectivity index (χ4v) is 0.852. The summed E-state index contributed by atoms with van der Waals surface area (Å²) < 4.78 is 4.90. The molecule has 1 rings (SSSR count). The highest BCUT2D eigenvalue weighted by atomic mass is 31.0. The van der Waals surface area contributed by atoms with Crippen molar-refractivity contribution in [1.29, 1.82) is 0 Å². The van der Waals surface area contributed by atoms with Gasteiger partial charge in [-0.1, -0.05) is 9.24 Å². The molecule has 0 radical (unpaired) electrons. The molecule has 0 saturated carbocycles. The first-order chi connectivity index (χ1) is 4.79. The monoisotopic (exact) mass is 161 g/mol. The van der Waals surface area contributed by atoms with Crippen molar-refractivity contribution in [3.8, 4) is 5.88 Å². The summed E-state index contributed by atoms with van der Waals surface area (Å²) in [4.78, 5) is 5.96. The summed E-state index contributed by atoms with van der Waals surface area (Å²) >= 11 is 0. The van der Waals surface area contributed by atoms with Crippen molar-refractivity contribution in [3.05, 3.63) is 0 Å². The molecule has 0 bridgehead atoms. The van der Waals surface area contributed by atoms with E-state index >= 15 is 0 Å². The highest BCUT2D eigenvalue weighted by Gasteiger charge is 2.07. The maximum absolute atomic E-state index is 4.90. The van der Waals surface area contributed by atoms with Crippen molar-refractivity contribution in [3.63, 3.8) is 0 Å². The first-order valence-corrected chi connectivity index (χ1v) is 3.17. The van der Waals surface area contributed by atoms with Crippen LogP contribution in [-0.4, -0.2) is 29.4 Å². The van der Waals surface area contributed by atoms with Crippen LogP contribution in [0, 0.1) is 0 Å². The third kappa shape index (κ3) is 1.04. The first kappa shape index (κ1) is 7.28. The Kier molecular flexibility index (Phi) is 2.06. The van der Waals surface area contributed by atoms with Crippen molar-refractivity contribution >= 4 is 14.7 Å². The van der Waals surface area contributed by atoms with Gasteiger partial charge in [-0.2, -0.15) is 0 Å². The first-order valence-electron chi connectivity index (χ1n) is 2.59.